The van der Waals surface area contributed by atoms with Crippen LogP contribution in [0.4, 0.5) is 4.39 Å². The number of hydrogen-bond donors (Lipinski definition) is 2. The summed E-state index contributed by atoms with van der Waals surface area (Å²) in [4.78, 5) is -0.390. The van der Waals surface area contributed by atoms with Gasteiger partial charge in [-0.3, -0.25) is 0 Å². The van der Waals surface area contributed by atoms with Crippen molar-refractivity contribution in [1.82, 2.24) is 4.72 Å². The SMILES string of the molecule is CCOCC(C)NS(=O)(=O)c1cc(CN)ccc1F. The van der Waals surface area contributed by atoms with E-state index in [1.54, 1.807) is 6.92 Å². The summed E-state index contributed by atoms with van der Waals surface area (Å²) >= 11 is 0. The van der Waals surface area contributed by atoms with Crippen molar-refractivity contribution in [3.63, 3.8) is 0 Å². The Morgan fingerprint density at radius 2 is 2.16 bits per heavy atom. The number of sulfonamides is 1. The molecule has 7 heteroatoms. The van der Waals surface area contributed by atoms with Gasteiger partial charge >= 0.3 is 0 Å². The van der Waals surface area contributed by atoms with Gasteiger partial charge in [-0.05, 0) is 31.5 Å². The number of nitrogens with two attached hydrogens (primary N) is 1. The second kappa shape index (κ2) is 6.95. The van der Waals surface area contributed by atoms with Gasteiger partial charge in [0.05, 0.1) is 6.61 Å². The Labute approximate surface area is 113 Å². The molecule has 0 heterocycles. The van der Waals surface area contributed by atoms with E-state index < -0.39 is 26.8 Å². The molecule has 1 rings (SSSR count). The van der Waals surface area contributed by atoms with E-state index in [2.05, 4.69) is 4.72 Å². The summed E-state index contributed by atoms with van der Waals surface area (Å²) in [7, 11) is -3.91. The van der Waals surface area contributed by atoms with Crippen LogP contribution in [0.15, 0.2) is 23.1 Å². The third-order valence-electron chi connectivity index (χ3n) is 2.45. The molecule has 0 aliphatic carbocycles. The second-order valence-corrected chi connectivity index (χ2v) is 5.83. The van der Waals surface area contributed by atoms with Gasteiger partial charge in [0.15, 0.2) is 0 Å². The summed E-state index contributed by atoms with van der Waals surface area (Å²) in [6.45, 7) is 4.33. The highest BCUT2D eigenvalue weighted by Gasteiger charge is 2.21. The first-order valence-electron chi connectivity index (χ1n) is 5.99. The summed E-state index contributed by atoms with van der Waals surface area (Å²) in [5.41, 5.74) is 5.98. The highest BCUT2D eigenvalue weighted by Crippen LogP contribution is 2.16. The Morgan fingerprint density at radius 3 is 2.74 bits per heavy atom. The van der Waals surface area contributed by atoms with Crippen molar-refractivity contribution in [2.24, 2.45) is 5.73 Å². The van der Waals surface area contributed by atoms with Crippen molar-refractivity contribution in [3.05, 3.63) is 29.6 Å². The first-order valence-corrected chi connectivity index (χ1v) is 7.47. The molecule has 0 fully saturated rings. The van der Waals surface area contributed by atoms with Crippen molar-refractivity contribution in [1.29, 1.82) is 0 Å². The Kier molecular flexibility index (Phi) is 5.86. The standard InChI is InChI=1S/C12H19FN2O3S/c1-3-18-8-9(2)15-19(16,17)12-6-10(7-14)4-5-11(12)13/h4-6,9,15H,3,7-8,14H2,1-2H3. The van der Waals surface area contributed by atoms with E-state index in [0.717, 1.165) is 6.07 Å². The predicted octanol–water partition coefficient (Wildman–Crippen LogP) is 0.988. The van der Waals surface area contributed by atoms with Crippen molar-refractivity contribution in [2.75, 3.05) is 13.2 Å². The van der Waals surface area contributed by atoms with Gasteiger partial charge in [0.2, 0.25) is 10.0 Å². The predicted molar refractivity (Wildman–Crippen MR) is 70.6 cm³/mol. The molecule has 1 aromatic carbocycles. The minimum atomic E-state index is -3.91. The molecule has 0 bridgehead atoms. The first-order chi connectivity index (χ1) is 8.90. The van der Waals surface area contributed by atoms with E-state index in [1.807, 2.05) is 6.92 Å². The number of rotatable bonds is 7. The van der Waals surface area contributed by atoms with Crippen LogP contribution < -0.4 is 10.5 Å². The average molecular weight is 290 g/mol. The lowest BCUT2D eigenvalue weighted by molar-refractivity contribution is 0.133. The Balaban J connectivity index is 2.93. The monoisotopic (exact) mass is 290 g/mol. The normalized spacial score (nSPS) is 13.5. The second-order valence-electron chi connectivity index (χ2n) is 4.15. The van der Waals surface area contributed by atoms with Crippen LogP contribution in [0.3, 0.4) is 0 Å². The number of benzene rings is 1. The molecule has 1 atom stereocenters. The van der Waals surface area contributed by atoms with Crippen LogP contribution in [0.2, 0.25) is 0 Å². The zero-order chi connectivity index (χ0) is 14.5. The van der Waals surface area contributed by atoms with E-state index >= 15 is 0 Å². The van der Waals surface area contributed by atoms with Crippen molar-refractivity contribution >= 4 is 10.0 Å². The summed E-state index contributed by atoms with van der Waals surface area (Å²) < 4.78 is 45.2. The molecule has 1 aromatic rings. The van der Waals surface area contributed by atoms with E-state index in [-0.39, 0.29) is 13.2 Å². The quantitative estimate of drug-likeness (QED) is 0.784. The van der Waals surface area contributed by atoms with Crippen LogP contribution in [-0.2, 0) is 21.3 Å². The van der Waals surface area contributed by atoms with Gasteiger partial charge in [0, 0.05) is 19.2 Å². The van der Waals surface area contributed by atoms with Crippen molar-refractivity contribution in [3.8, 4) is 0 Å². The van der Waals surface area contributed by atoms with Gasteiger partial charge in [0.1, 0.15) is 10.7 Å². The van der Waals surface area contributed by atoms with E-state index in [0.29, 0.717) is 12.2 Å². The summed E-state index contributed by atoms with van der Waals surface area (Å²) in [6.07, 6.45) is 0. The fourth-order valence-corrected chi connectivity index (χ4v) is 2.89. The lowest BCUT2D eigenvalue weighted by Gasteiger charge is -2.14. The largest absolute Gasteiger partial charge is 0.380 e. The molecule has 0 aliphatic rings. The number of hydrogen-bond acceptors (Lipinski definition) is 4. The Morgan fingerprint density at radius 1 is 1.47 bits per heavy atom. The lowest BCUT2D eigenvalue weighted by Crippen LogP contribution is -2.36. The lowest BCUT2D eigenvalue weighted by atomic mass is 10.2. The van der Waals surface area contributed by atoms with Gasteiger partial charge in [-0.1, -0.05) is 6.07 Å². The van der Waals surface area contributed by atoms with Crippen LogP contribution >= 0.6 is 0 Å². The third-order valence-corrected chi connectivity index (χ3v) is 4.05. The van der Waals surface area contributed by atoms with Crippen LogP contribution in [0.1, 0.15) is 19.4 Å². The molecule has 0 amide bonds. The summed E-state index contributed by atoms with van der Waals surface area (Å²) in [5.74, 6) is -0.798. The van der Waals surface area contributed by atoms with Gasteiger partial charge in [-0.2, -0.15) is 0 Å². The number of nitrogens with one attached hydrogen (secondary N) is 1. The fraction of sp³-hybridized carbons (Fsp3) is 0.500. The zero-order valence-electron chi connectivity index (χ0n) is 11.0. The molecule has 1 unspecified atom stereocenters. The van der Waals surface area contributed by atoms with Crippen LogP contribution in [0, 0.1) is 5.82 Å². The maximum atomic E-state index is 13.6. The molecule has 0 aliphatic heterocycles. The maximum Gasteiger partial charge on any atom is 0.243 e. The molecule has 19 heavy (non-hydrogen) atoms. The number of halogens is 1. The molecule has 0 radical (unpaired) electrons. The molecular formula is C12H19FN2O3S. The van der Waals surface area contributed by atoms with Gasteiger partial charge < -0.3 is 10.5 Å². The smallest absolute Gasteiger partial charge is 0.243 e. The maximum absolute atomic E-state index is 13.6. The fourth-order valence-electron chi connectivity index (χ4n) is 1.54. The Hall–Kier alpha value is -1.02. The average Bonchev–Trinajstić information content (AvgIpc) is 2.36. The molecule has 0 saturated heterocycles. The molecule has 3 N–H and O–H groups in total. The van der Waals surface area contributed by atoms with Crippen LogP contribution in [0.5, 0.6) is 0 Å². The third kappa shape index (κ3) is 4.54. The van der Waals surface area contributed by atoms with Crippen LogP contribution in [-0.4, -0.2) is 27.7 Å². The minimum absolute atomic E-state index is 0.150. The van der Waals surface area contributed by atoms with E-state index in [1.165, 1.54) is 12.1 Å². The topological polar surface area (TPSA) is 81.4 Å². The van der Waals surface area contributed by atoms with Gasteiger partial charge in [-0.25, -0.2) is 17.5 Å². The molecular weight excluding hydrogens is 271 g/mol. The molecule has 0 saturated carbocycles. The van der Waals surface area contributed by atoms with Gasteiger partial charge in [0.25, 0.3) is 0 Å². The summed E-state index contributed by atoms with van der Waals surface area (Å²) in [5, 5.41) is 0. The molecule has 0 aromatic heterocycles. The van der Waals surface area contributed by atoms with Crippen molar-refractivity contribution < 1.29 is 17.5 Å². The molecule has 0 spiro atoms. The van der Waals surface area contributed by atoms with E-state index in [9.17, 15) is 12.8 Å². The molecule has 5 nitrogen and oxygen atoms in total. The highest BCUT2D eigenvalue weighted by atomic mass is 32.2. The highest BCUT2D eigenvalue weighted by molar-refractivity contribution is 7.89. The van der Waals surface area contributed by atoms with Crippen LogP contribution in [0.25, 0.3) is 0 Å². The first kappa shape index (κ1) is 16.0. The van der Waals surface area contributed by atoms with Crippen molar-refractivity contribution in [2.45, 2.75) is 31.3 Å². The summed E-state index contributed by atoms with van der Waals surface area (Å²) in [6, 6.07) is 3.36. The number of ether oxygens (including phenoxy) is 1. The van der Waals surface area contributed by atoms with Gasteiger partial charge in [-0.15, -0.1) is 0 Å². The van der Waals surface area contributed by atoms with E-state index in [4.69, 9.17) is 10.5 Å². The zero-order valence-corrected chi connectivity index (χ0v) is 11.8. The minimum Gasteiger partial charge on any atom is -0.380 e. The Bertz CT molecular complexity index is 520. The molecule has 108 valence electrons.